The van der Waals surface area contributed by atoms with E-state index >= 15 is 0 Å². The Kier molecular flexibility index (Phi) is 6.21. The minimum atomic E-state index is -3.73. The van der Waals surface area contributed by atoms with Crippen LogP contribution in [0.15, 0.2) is 47.4 Å². The lowest BCUT2D eigenvalue weighted by molar-refractivity contribution is 0.102. The first kappa shape index (κ1) is 20.2. The first-order valence-electron chi connectivity index (χ1n) is 9.09. The third kappa shape index (κ3) is 4.28. The Morgan fingerprint density at radius 2 is 1.64 bits per heavy atom. The van der Waals surface area contributed by atoms with Gasteiger partial charge in [0, 0.05) is 24.3 Å². The number of hydrogen-bond acceptors (Lipinski definition) is 5. The number of piperidine rings is 1. The van der Waals surface area contributed by atoms with Gasteiger partial charge in [0.25, 0.3) is 5.91 Å². The van der Waals surface area contributed by atoms with Crippen molar-refractivity contribution in [3.05, 3.63) is 48.0 Å². The molecule has 0 radical (unpaired) electrons. The van der Waals surface area contributed by atoms with E-state index in [4.69, 9.17) is 9.47 Å². The van der Waals surface area contributed by atoms with Gasteiger partial charge in [-0.15, -0.1) is 0 Å². The average molecular weight is 404 g/mol. The highest BCUT2D eigenvalue weighted by atomic mass is 32.2. The Labute approximate surface area is 165 Å². The van der Waals surface area contributed by atoms with Crippen LogP contribution in [-0.4, -0.2) is 45.9 Å². The summed E-state index contributed by atoms with van der Waals surface area (Å²) < 4.78 is 37.9. The topological polar surface area (TPSA) is 84.9 Å². The standard InChI is InChI=1S/C20H24N2O5S/c1-26-17-9-7-16(8-10-17)21-20(23)15-6-11-18(27-2)19(14-15)28(24,25)22-12-4-3-5-13-22/h6-11,14H,3-5,12-13H2,1-2H3,(H,21,23). The number of anilines is 1. The maximum atomic E-state index is 13.1. The number of rotatable bonds is 6. The monoisotopic (exact) mass is 404 g/mol. The molecular weight excluding hydrogens is 380 g/mol. The highest BCUT2D eigenvalue weighted by molar-refractivity contribution is 7.89. The maximum Gasteiger partial charge on any atom is 0.255 e. The van der Waals surface area contributed by atoms with E-state index in [1.54, 1.807) is 37.4 Å². The molecule has 0 bridgehead atoms. The third-order valence-electron chi connectivity index (χ3n) is 4.71. The minimum Gasteiger partial charge on any atom is -0.497 e. The van der Waals surface area contributed by atoms with E-state index in [-0.39, 0.29) is 16.2 Å². The van der Waals surface area contributed by atoms with Crippen molar-refractivity contribution in [3.63, 3.8) is 0 Å². The molecule has 1 aliphatic rings. The van der Waals surface area contributed by atoms with Gasteiger partial charge in [-0.3, -0.25) is 4.79 Å². The van der Waals surface area contributed by atoms with E-state index in [0.29, 0.717) is 24.5 Å². The predicted molar refractivity (Wildman–Crippen MR) is 107 cm³/mol. The van der Waals surface area contributed by atoms with Gasteiger partial charge in [-0.05, 0) is 55.3 Å². The summed E-state index contributed by atoms with van der Waals surface area (Å²) in [7, 11) is -0.748. The number of nitrogens with zero attached hydrogens (tertiary/aromatic N) is 1. The molecule has 8 heteroatoms. The fourth-order valence-corrected chi connectivity index (χ4v) is 4.84. The Morgan fingerprint density at radius 1 is 0.964 bits per heavy atom. The van der Waals surface area contributed by atoms with Gasteiger partial charge >= 0.3 is 0 Å². The molecule has 1 heterocycles. The lowest BCUT2D eigenvalue weighted by atomic mass is 10.2. The molecule has 0 unspecified atom stereocenters. The smallest absolute Gasteiger partial charge is 0.255 e. The van der Waals surface area contributed by atoms with Crippen molar-refractivity contribution >= 4 is 21.6 Å². The molecule has 28 heavy (non-hydrogen) atoms. The van der Waals surface area contributed by atoms with Crippen LogP contribution in [0.4, 0.5) is 5.69 Å². The zero-order chi connectivity index (χ0) is 20.1. The van der Waals surface area contributed by atoms with Gasteiger partial charge in [0.2, 0.25) is 10.0 Å². The van der Waals surface area contributed by atoms with Crippen LogP contribution in [0.3, 0.4) is 0 Å². The Balaban J connectivity index is 1.88. The first-order chi connectivity index (χ1) is 13.5. The van der Waals surface area contributed by atoms with Gasteiger partial charge in [-0.2, -0.15) is 4.31 Å². The molecule has 2 aromatic carbocycles. The second-order valence-corrected chi connectivity index (χ2v) is 8.42. The second kappa shape index (κ2) is 8.62. The van der Waals surface area contributed by atoms with Crippen LogP contribution in [0.5, 0.6) is 11.5 Å². The maximum absolute atomic E-state index is 13.1. The van der Waals surface area contributed by atoms with Crippen LogP contribution >= 0.6 is 0 Å². The summed E-state index contributed by atoms with van der Waals surface area (Å²) in [6.45, 7) is 0.960. The summed E-state index contributed by atoms with van der Waals surface area (Å²) in [4.78, 5) is 12.6. The van der Waals surface area contributed by atoms with Gasteiger partial charge in [0.1, 0.15) is 16.4 Å². The number of methoxy groups -OCH3 is 2. The molecule has 2 aromatic rings. The summed E-state index contributed by atoms with van der Waals surface area (Å²) in [6.07, 6.45) is 2.69. The molecule has 1 amide bonds. The molecular formula is C20H24N2O5S. The van der Waals surface area contributed by atoms with Gasteiger partial charge < -0.3 is 14.8 Å². The van der Waals surface area contributed by atoms with E-state index in [0.717, 1.165) is 19.3 Å². The van der Waals surface area contributed by atoms with Crippen LogP contribution < -0.4 is 14.8 Å². The van der Waals surface area contributed by atoms with Crippen molar-refractivity contribution < 1.29 is 22.7 Å². The van der Waals surface area contributed by atoms with Crippen molar-refractivity contribution in [3.8, 4) is 11.5 Å². The Morgan fingerprint density at radius 3 is 2.25 bits per heavy atom. The average Bonchev–Trinajstić information content (AvgIpc) is 2.74. The van der Waals surface area contributed by atoms with E-state index in [9.17, 15) is 13.2 Å². The number of hydrogen-bond donors (Lipinski definition) is 1. The first-order valence-corrected chi connectivity index (χ1v) is 10.5. The number of carbonyl (C=O) groups excluding carboxylic acids is 1. The van der Waals surface area contributed by atoms with Gasteiger partial charge in [-0.25, -0.2) is 8.42 Å². The summed E-state index contributed by atoms with van der Waals surface area (Å²) in [6, 6.07) is 11.3. The van der Waals surface area contributed by atoms with Crippen molar-refractivity contribution in [1.82, 2.24) is 4.31 Å². The molecule has 3 rings (SSSR count). The molecule has 0 aromatic heterocycles. The molecule has 1 N–H and O–H groups in total. The Hall–Kier alpha value is -2.58. The third-order valence-corrected chi connectivity index (χ3v) is 6.63. The number of benzene rings is 2. The molecule has 0 spiro atoms. The van der Waals surface area contributed by atoms with E-state index < -0.39 is 15.9 Å². The highest BCUT2D eigenvalue weighted by Gasteiger charge is 2.29. The van der Waals surface area contributed by atoms with Crippen LogP contribution in [0.25, 0.3) is 0 Å². The zero-order valence-corrected chi connectivity index (χ0v) is 16.8. The molecule has 1 fully saturated rings. The van der Waals surface area contributed by atoms with Crippen LogP contribution in [0.1, 0.15) is 29.6 Å². The summed E-state index contributed by atoms with van der Waals surface area (Å²) >= 11 is 0. The molecule has 0 aliphatic carbocycles. The van der Waals surface area contributed by atoms with Crippen molar-refractivity contribution in [2.75, 3.05) is 32.6 Å². The Bertz CT molecular complexity index is 936. The minimum absolute atomic E-state index is 0.0132. The molecule has 7 nitrogen and oxygen atoms in total. The number of carbonyl (C=O) groups is 1. The van der Waals surface area contributed by atoms with Gasteiger partial charge in [0.15, 0.2) is 0 Å². The van der Waals surface area contributed by atoms with Crippen molar-refractivity contribution in [2.45, 2.75) is 24.2 Å². The number of nitrogens with one attached hydrogen (secondary N) is 1. The summed E-state index contributed by atoms with van der Waals surface area (Å²) in [5.74, 6) is 0.506. The quantitative estimate of drug-likeness (QED) is 0.800. The zero-order valence-electron chi connectivity index (χ0n) is 16.0. The van der Waals surface area contributed by atoms with Crippen molar-refractivity contribution in [1.29, 1.82) is 0 Å². The molecule has 1 saturated heterocycles. The van der Waals surface area contributed by atoms with Crippen LogP contribution in [0, 0.1) is 0 Å². The number of sulfonamides is 1. The number of amides is 1. The molecule has 0 saturated carbocycles. The van der Waals surface area contributed by atoms with E-state index in [1.807, 2.05) is 0 Å². The fraction of sp³-hybridized carbons (Fsp3) is 0.350. The normalized spacial score (nSPS) is 15.1. The molecule has 150 valence electrons. The van der Waals surface area contributed by atoms with E-state index in [2.05, 4.69) is 5.32 Å². The largest absolute Gasteiger partial charge is 0.497 e. The lowest BCUT2D eigenvalue weighted by Crippen LogP contribution is -2.35. The number of ether oxygens (including phenoxy) is 2. The van der Waals surface area contributed by atoms with Gasteiger partial charge in [0.05, 0.1) is 14.2 Å². The van der Waals surface area contributed by atoms with E-state index in [1.165, 1.54) is 23.5 Å². The lowest BCUT2D eigenvalue weighted by Gasteiger charge is -2.26. The highest BCUT2D eigenvalue weighted by Crippen LogP contribution is 2.30. The molecule has 1 aliphatic heterocycles. The summed E-state index contributed by atoms with van der Waals surface area (Å²) in [5, 5.41) is 2.76. The van der Waals surface area contributed by atoms with Crippen molar-refractivity contribution in [2.24, 2.45) is 0 Å². The summed E-state index contributed by atoms with van der Waals surface area (Å²) in [5.41, 5.74) is 0.828. The fourth-order valence-electron chi connectivity index (χ4n) is 3.14. The predicted octanol–water partition coefficient (Wildman–Crippen LogP) is 3.13. The van der Waals surface area contributed by atoms with Gasteiger partial charge in [-0.1, -0.05) is 6.42 Å². The molecule has 0 atom stereocenters. The SMILES string of the molecule is COc1ccc(NC(=O)c2ccc(OC)c(S(=O)(=O)N3CCCCC3)c2)cc1. The second-order valence-electron chi connectivity index (χ2n) is 6.51. The van der Waals surface area contributed by atoms with Crippen LogP contribution in [0.2, 0.25) is 0 Å². The van der Waals surface area contributed by atoms with Crippen LogP contribution in [-0.2, 0) is 10.0 Å².